The standard InChI is InChI=1S/C24H28F3N5/c1-23(2,3)17-32(22-21(24(25,26)27)10-9-20(15-28)29-22)30-19-11-13-31(14-12-19)16-18-7-5-4-6-8-18/h4-10H,11-14,16-17H2,1-3H3. The Morgan fingerprint density at radius 3 is 2.28 bits per heavy atom. The molecular weight excluding hydrogens is 415 g/mol. The van der Waals surface area contributed by atoms with Crippen LogP contribution < -0.4 is 5.01 Å². The van der Waals surface area contributed by atoms with Crippen LogP contribution in [-0.2, 0) is 12.7 Å². The summed E-state index contributed by atoms with van der Waals surface area (Å²) in [6, 6.07) is 14.0. The number of benzene rings is 1. The Morgan fingerprint density at radius 2 is 1.72 bits per heavy atom. The van der Waals surface area contributed by atoms with Crippen LogP contribution in [0.15, 0.2) is 47.6 Å². The molecule has 0 spiro atoms. The van der Waals surface area contributed by atoms with E-state index < -0.39 is 11.7 Å². The number of pyridine rings is 1. The van der Waals surface area contributed by atoms with Crippen LogP contribution in [-0.4, -0.2) is 35.2 Å². The molecule has 1 saturated heterocycles. The lowest BCUT2D eigenvalue weighted by Gasteiger charge is -2.32. The van der Waals surface area contributed by atoms with E-state index in [-0.39, 0.29) is 23.5 Å². The van der Waals surface area contributed by atoms with Gasteiger partial charge in [-0.1, -0.05) is 51.1 Å². The van der Waals surface area contributed by atoms with Gasteiger partial charge in [-0.05, 0) is 23.1 Å². The van der Waals surface area contributed by atoms with E-state index in [1.165, 1.54) is 10.6 Å². The molecule has 1 aliphatic heterocycles. The van der Waals surface area contributed by atoms with E-state index in [9.17, 15) is 18.4 Å². The van der Waals surface area contributed by atoms with Crippen LogP contribution >= 0.6 is 0 Å². The summed E-state index contributed by atoms with van der Waals surface area (Å²) in [7, 11) is 0. The molecule has 170 valence electrons. The van der Waals surface area contributed by atoms with E-state index in [4.69, 9.17) is 0 Å². The Morgan fingerprint density at radius 1 is 1.06 bits per heavy atom. The Hall–Kier alpha value is -2.92. The summed E-state index contributed by atoms with van der Waals surface area (Å²) in [5.74, 6) is -0.314. The van der Waals surface area contributed by atoms with Gasteiger partial charge in [0, 0.05) is 44.7 Å². The summed E-state index contributed by atoms with van der Waals surface area (Å²) in [6.07, 6.45) is -3.24. The fraction of sp³-hybridized carbons (Fsp3) is 0.458. The van der Waals surface area contributed by atoms with Crippen molar-refractivity contribution >= 4 is 11.5 Å². The number of likely N-dealkylation sites (tertiary alicyclic amines) is 1. The number of hydrogen-bond donors (Lipinski definition) is 0. The highest BCUT2D eigenvalue weighted by Gasteiger charge is 2.37. The topological polar surface area (TPSA) is 55.5 Å². The van der Waals surface area contributed by atoms with Gasteiger partial charge in [-0.3, -0.25) is 4.90 Å². The molecule has 32 heavy (non-hydrogen) atoms. The van der Waals surface area contributed by atoms with Gasteiger partial charge in [-0.25, -0.2) is 9.99 Å². The number of alkyl halides is 3. The molecule has 8 heteroatoms. The second kappa shape index (κ2) is 9.70. The normalized spacial score (nSPS) is 15.3. The summed E-state index contributed by atoms with van der Waals surface area (Å²) in [6.45, 7) is 8.46. The third kappa shape index (κ3) is 6.54. The molecule has 0 unspecified atom stereocenters. The SMILES string of the molecule is CC(C)(C)CN(N=C1CCN(Cc2ccccc2)CC1)c1nc(C#N)ccc1C(F)(F)F. The maximum atomic E-state index is 13.7. The maximum Gasteiger partial charge on any atom is 0.420 e. The van der Waals surface area contributed by atoms with Crippen LogP contribution in [0, 0.1) is 16.7 Å². The lowest BCUT2D eigenvalue weighted by Crippen LogP contribution is -2.36. The van der Waals surface area contributed by atoms with Crippen molar-refractivity contribution in [3.63, 3.8) is 0 Å². The lowest BCUT2D eigenvalue weighted by molar-refractivity contribution is -0.137. The lowest BCUT2D eigenvalue weighted by atomic mass is 9.96. The minimum atomic E-state index is -4.59. The summed E-state index contributed by atoms with van der Waals surface area (Å²) in [5, 5.41) is 15.2. The second-order valence-electron chi connectivity index (χ2n) is 9.22. The zero-order chi connectivity index (χ0) is 23.4. The van der Waals surface area contributed by atoms with Crippen LogP contribution in [0.2, 0.25) is 0 Å². The van der Waals surface area contributed by atoms with E-state index in [0.29, 0.717) is 12.8 Å². The molecule has 0 amide bonds. The molecule has 2 heterocycles. The molecule has 2 aromatic rings. The van der Waals surface area contributed by atoms with Gasteiger partial charge in [0.2, 0.25) is 0 Å². The number of hydrogen-bond acceptors (Lipinski definition) is 5. The van der Waals surface area contributed by atoms with Gasteiger partial charge in [0.15, 0.2) is 5.82 Å². The van der Waals surface area contributed by atoms with Gasteiger partial charge >= 0.3 is 6.18 Å². The van der Waals surface area contributed by atoms with Gasteiger partial charge in [0.25, 0.3) is 0 Å². The van der Waals surface area contributed by atoms with Crippen LogP contribution in [0.3, 0.4) is 0 Å². The molecule has 0 N–H and O–H groups in total. The number of nitrogens with zero attached hydrogens (tertiary/aromatic N) is 5. The predicted octanol–water partition coefficient (Wildman–Crippen LogP) is 5.48. The first-order chi connectivity index (χ1) is 15.0. The van der Waals surface area contributed by atoms with Gasteiger partial charge < -0.3 is 0 Å². The van der Waals surface area contributed by atoms with Gasteiger partial charge in [-0.2, -0.15) is 23.5 Å². The van der Waals surface area contributed by atoms with Crippen molar-refractivity contribution in [3.8, 4) is 6.07 Å². The molecule has 0 bridgehead atoms. The smallest absolute Gasteiger partial charge is 0.298 e. The van der Waals surface area contributed by atoms with E-state index in [2.05, 4.69) is 27.1 Å². The Balaban J connectivity index is 1.85. The van der Waals surface area contributed by atoms with Crippen molar-refractivity contribution in [2.45, 2.75) is 46.3 Å². The molecular formula is C24H28F3N5. The van der Waals surface area contributed by atoms with E-state index in [1.54, 1.807) is 0 Å². The molecule has 0 saturated carbocycles. The highest BCUT2D eigenvalue weighted by molar-refractivity contribution is 5.86. The minimum absolute atomic E-state index is 0.0650. The zero-order valence-corrected chi connectivity index (χ0v) is 18.7. The van der Waals surface area contributed by atoms with E-state index in [0.717, 1.165) is 37.5 Å². The summed E-state index contributed by atoms with van der Waals surface area (Å²) < 4.78 is 41.1. The van der Waals surface area contributed by atoms with Gasteiger partial charge in [-0.15, -0.1) is 0 Å². The molecule has 0 aliphatic carbocycles. The van der Waals surface area contributed by atoms with Crippen molar-refractivity contribution in [3.05, 3.63) is 59.3 Å². The fourth-order valence-electron chi connectivity index (χ4n) is 3.62. The molecule has 1 aromatic carbocycles. The third-order valence-corrected chi connectivity index (χ3v) is 5.11. The number of rotatable bonds is 5. The van der Waals surface area contributed by atoms with E-state index >= 15 is 0 Å². The van der Waals surface area contributed by atoms with Crippen molar-refractivity contribution in [1.82, 2.24) is 9.88 Å². The highest BCUT2D eigenvalue weighted by Crippen LogP contribution is 2.37. The predicted molar refractivity (Wildman–Crippen MR) is 119 cm³/mol. The number of piperidine rings is 1. The Bertz CT molecular complexity index is 977. The molecule has 3 rings (SSSR count). The molecule has 0 atom stereocenters. The fourth-order valence-corrected chi connectivity index (χ4v) is 3.62. The number of nitriles is 1. The van der Waals surface area contributed by atoms with Crippen LogP contribution in [0.4, 0.5) is 19.0 Å². The van der Waals surface area contributed by atoms with Gasteiger partial charge in [0.05, 0.1) is 5.56 Å². The quantitative estimate of drug-likeness (QED) is 0.575. The van der Waals surface area contributed by atoms with Crippen molar-refractivity contribution in [1.29, 1.82) is 5.26 Å². The molecule has 5 nitrogen and oxygen atoms in total. The van der Waals surface area contributed by atoms with Crippen LogP contribution in [0.5, 0.6) is 0 Å². The Labute approximate surface area is 187 Å². The second-order valence-corrected chi connectivity index (χ2v) is 9.22. The first-order valence-electron chi connectivity index (χ1n) is 10.6. The summed E-state index contributed by atoms with van der Waals surface area (Å²) in [4.78, 5) is 6.32. The number of anilines is 1. The third-order valence-electron chi connectivity index (χ3n) is 5.11. The van der Waals surface area contributed by atoms with Crippen LogP contribution in [0.1, 0.15) is 50.4 Å². The van der Waals surface area contributed by atoms with E-state index in [1.807, 2.05) is 45.0 Å². The van der Waals surface area contributed by atoms with Crippen molar-refractivity contribution in [2.24, 2.45) is 10.5 Å². The molecule has 0 radical (unpaired) electrons. The monoisotopic (exact) mass is 443 g/mol. The molecule has 1 fully saturated rings. The maximum absolute atomic E-state index is 13.7. The average Bonchev–Trinajstić information content (AvgIpc) is 2.73. The largest absolute Gasteiger partial charge is 0.420 e. The molecule has 1 aliphatic rings. The number of halogens is 3. The minimum Gasteiger partial charge on any atom is -0.298 e. The van der Waals surface area contributed by atoms with Crippen molar-refractivity contribution in [2.75, 3.05) is 24.6 Å². The zero-order valence-electron chi connectivity index (χ0n) is 18.7. The number of aromatic nitrogens is 1. The first kappa shape index (κ1) is 23.7. The average molecular weight is 444 g/mol. The number of hydrazone groups is 1. The summed E-state index contributed by atoms with van der Waals surface area (Å²) in [5.41, 5.74) is 0.799. The molecule has 1 aromatic heterocycles. The summed E-state index contributed by atoms with van der Waals surface area (Å²) >= 11 is 0. The first-order valence-corrected chi connectivity index (χ1v) is 10.6. The van der Waals surface area contributed by atoms with Crippen molar-refractivity contribution < 1.29 is 13.2 Å². The highest BCUT2D eigenvalue weighted by atomic mass is 19.4. The van der Waals surface area contributed by atoms with Gasteiger partial charge in [0.1, 0.15) is 11.8 Å². The van der Waals surface area contributed by atoms with Crippen LogP contribution in [0.25, 0.3) is 0 Å². The Kier molecular flexibility index (Phi) is 7.19.